The van der Waals surface area contributed by atoms with Gasteiger partial charge in [0.2, 0.25) is 5.91 Å². The Bertz CT molecular complexity index is 743. The van der Waals surface area contributed by atoms with Gasteiger partial charge in [0, 0.05) is 12.1 Å². The van der Waals surface area contributed by atoms with E-state index in [1.165, 1.54) is 19.1 Å². The molecule has 0 saturated heterocycles. The smallest absolute Gasteiger partial charge is 0.224 e. The van der Waals surface area contributed by atoms with E-state index in [-0.39, 0.29) is 24.1 Å². The van der Waals surface area contributed by atoms with Gasteiger partial charge in [-0.3, -0.25) is 9.59 Å². The maximum absolute atomic E-state index is 13.2. The maximum atomic E-state index is 13.2. The monoisotopic (exact) mass is 329 g/mol. The van der Waals surface area contributed by atoms with Crippen LogP contribution in [-0.2, 0) is 11.4 Å². The highest BCUT2D eigenvalue weighted by atomic mass is 19.1. The van der Waals surface area contributed by atoms with Crippen molar-refractivity contribution in [3.63, 3.8) is 0 Å². The summed E-state index contributed by atoms with van der Waals surface area (Å²) in [4.78, 5) is 23.5. The Morgan fingerprint density at radius 1 is 1.17 bits per heavy atom. The van der Waals surface area contributed by atoms with Crippen molar-refractivity contribution in [1.82, 2.24) is 0 Å². The Morgan fingerprint density at radius 3 is 2.62 bits per heavy atom. The summed E-state index contributed by atoms with van der Waals surface area (Å²) >= 11 is 0. The van der Waals surface area contributed by atoms with Gasteiger partial charge in [-0.05, 0) is 49.2 Å². The third-order valence-corrected chi connectivity index (χ3v) is 3.40. The van der Waals surface area contributed by atoms with Gasteiger partial charge < -0.3 is 10.1 Å². The summed E-state index contributed by atoms with van der Waals surface area (Å²) in [6.45, 7) is 3.51. The van der Waals surface area contributed by atoms with E-state index in [0.717, 1.165) is 6.42 Å². The molecule has 0 saturated carbocycles. The van der Waals surface area contributed by atoms with Gasteiger partial charge in [-0.2, -0.15) is 0 Å². The Labute approximate surface area is 140 Å². The van der Waals surface area contributed by atoms with Crippen LogP contribution in [0.1, 0.15) is 42.6 Å². The summed E-state index contributed by atoms with van der Waals surface area (Å²) in [6, 6.07) is 11.0. The fourth-order valence-electron chi connectivity index (χ4n) is 2.25. The number of nitrogens with one attached hydrogen (secondary N) is 1. The third kappa shape index (κ3) is 4.91. The molecule has 0 heterocycles. The molecule has 2 aromatic carbocycles. The lowest BCUT2D eigenvalue weighted by atomic mass is 10.1. The summed E-state index contributed by atoms with van der Waals surface area (Å²) < 4.78 is 18.8. The first-order chi connectivity index (χ1) is 11.5. The third-order valence-electron chi connectivity index (χ3n) is 3.40. The van der Waals surface area contributed by atoms with Crippen molar-refractivity contribution < 1.29 is 18.7 Å². The predicted molar refractivity (Wildman–Crippen MR) is 90.7 cm³/mol. The lowest BCUT2D eigenvalue weighted by molar-refractivity contribution is -0.116. The van der Waals surface area contributed by atoms with Gasteiger partial charge in [0.1, 0.15) is 18.2 Å². The van der Waals surface area contributed by atoms with Crippen molar-refractivity contribution in [3.8, 4) is 5.75 Å². The minimum Gasteiger partial charge on any atom is -0.488 e. The molecule has 126 valence electrons. The average molecular weight is 329 g/mol. The Balaban J connectivity index is 2.14. The number of carbonyl (C=O) groups is 2. The van der Waals surface area contributed by atoms with Gasteiger partial charge in [0.05, 0.1) is 5.56 Å². The zero-order chi connectivity index (χ0) is 17.5. The summed E-state index contributed by atoms with van der Waals surface area (Å²) in [5.74, 6) is -0.201. The standard InChI is InChI=1S/C19H20FNO3/c1-3-5-19(23)21-16-8-9-18(17(11-16)13(2)22)24-12-14-6-4-7-15(20)10-14/h4,6-11H,3,5,12H2,1-2H3,(H,21,23). The first-order valence-electron chi connectivity index (χ1n) is 7.81. The van der Waals surface area contributed by atoms with Crippen LogP contribution in [0.15, 0.2) is 42.5 Å². The van der Waals surface area contributed by atoms with E-state index in [1.54, 1.807) is 30.3 Å². The van der Waals surface area contributed by atoms with Gasteiger partial charge in [-0.15, -0.1) is 0 Å². The molecule has 0 unspecified atom stereocenters. The summed E-state index contributed by atoms with van der Waals surface area (Å²) in [5.41, 5.74) is 1.60. The average Bonchev–Trinajstić information content (AvgIpc) is 2.53. The molecule has 2 rings (SSSR count). The molecular formula is C19H20FNO3. The molecule has 0 fully saturated rings. The number of rotatable bonds is 7. The van der Waals surface area contributed by atoms with Crippen molar-refractivity contribution in [2.24, 2.45) is 0 Å². The number of anilines is 1. The lowest BCUT2D eigenvalue weighted by Crippen LogP contribution is -2.11. The molecule has 0 spiro atoms. The van der Waals surface area contributed by atoms with Crippen molar-refractivity contribution in [2.75, 3.05) is 5.32 Å². The van der Waals surface area contributed by atoms with E-state index in [0.29, 0.717) is 29.0 Å². The van der Waals surface area contributed by atoms with Gasteiger partial charge in [0.15, 0.2) is 5.78 Å². The SMILES string of the molecule is CCCC(=O)Nc1ccc(OCc2cccc(F)c2)c(C(C)=O)c1. The Kier molecular flexibility index (Phi) is 6.07. The molecule has 1 N–H and O–H groups in total. The highest BCUT2D eigenvalue weighted by Gasteiger charge is 2.11. The van der Waals surface area contributed by atoms with Crippen LogP contribution in [-0.4, -0.2) is 11.7 Å². The molecule has 0 radical (unpaired) electrons. The second kappa shape index (κ2) is 8.24. The van der Waals surface area contributed by atoms with E-state index < -0.39 is 0 Å². The first kappa shape index (κ1) is 17.7. The number of carbonyl (C=O) groups excluding carboxylic acids is 2. The largest absolute Gasteiger partial charge is 0.488 e. The lowest BCUT2D eigenvalue weighted by Gasteiger charge is -2.12. The summed E-state index contributed by atoms with van der Waals surface area (Å²) in [6.07, 6.45) is 1.17. The van der Waals surface area contributed by atoms with Crippen LogP contribution >= 0.6 is 0 Å². The second-order valence-corrected chi connectivity index (χ2v) is 5.48. The van der Waals surface area contributed by atoms with E-state index in [2.05, 4.69) is 5.32 Å². The van der Waals surface area contributed by atoms with Crippen molar-refractivity contribution in [2.45, 2.75) is 33.3 Å². The molecule has 0 aliphatic rings. The van der Waals surface area contributed by atoms with Crippen molar-refractivity contribution in [3.05, 3.63) is 59.4 Å². The zero-order valence-electron chi connectivity index (χ0n) is 13.8. The van der Waals surface area contributed by atoms with E-state index >= 15 is 0 Å². The molecule has 2 aromatic rings. The zero-order valence-corrected chi connectivity index (χ0v) is 13.8. The van der Waals surface area contributed by atoms with Crippen molar-refractivity contribution >= 4 is 17.4 Å². The summed E-state index contributed by atoms with van der Waals surface area (Å²) in [5, 5.41) is 2.75. The minimum absolute atomic E-state index is 0.0968. The van der Waals surface area contributed by atoms with Crippen LogP contribution < -0.4 is 10.1 Å². The van der Waals surface area contributed by atoms with Crippen LogP contribution in [0.4, 0.5) is 10.1 Å². The van der Waals surface area contributed by atoms with Crippen molar-refractivity contribution in [1.29, 1.82) is 0 Å². The van der Waals surface area contributed by atoms with Crippen LogP contribution in [0.2, 0.25) is 0 Å². The molecule has 0 bridgehead atoms. The van der Waals surface area contributed by atoms with Gasteiger partial charge in [-0.1, -0.05) is 19.1 Å². The number of ether oxygens (including phenoxy) is 1. The molecular weight excluding hydrogens is 309 g/mol. The minimum atomic E-state index is -0.336. The van der Waals surface area contributed by atoms with Crippen LogP contribution in [0.25, 0.3) is 0 Å². The van der Waals surface area contributed by atoms with Crippen LogP contribution in [0.5, 0.6) is 5.75 Å². The molecule has 4 nitrogen and oxygen atoms in total. The number of amides is 1. The molecule has 24 heavy (non-hydrogen) atoms. The topological polar surface area (TPSA) is 55.4 Å². The Morgan fingerprint density at radius 2 is 1.96 bits per heavy atom. The Hall–Kier alpha value is -2.69. The summed E-state index contributed by atoms with van der Waals surface area (Å²) in [7, 11) is 0. The normalized spacial score (nSPS) is 10.3. The highest BCUT2D eigenvalue weighted by Crippen LogP contribution is 2.24. The maximum Gasteiger partial charge on any atom is 0.224 e. The number of halogens is 1. The number of hydrogen-bond donors (Lipinski definition) is 1. The molecule has 0 aliphatic carbocycles. The highest BCUT2D eigenvalue weighted by molar-refractivity contribution is 5.99. The number of Topliss-reactive ketones (excluding diaryl/α,β-unsaturated/α-hetero) is 1. The molecule has 5 heteroatoms. The van der Waals surface area contributed by atoms with Gasteiger partial charge in [0.25, 0.3) is 0 Å². The fourth-order valence-corrected chi connectivity index (χ4v) is 2.25. The van der Waals surface area contributed by atoms with Gasteiger partial charge in [-0.25, -0.2) is 4.39 Å². The number of hydrogen-bond acceptors (Lipinski definition) is 3. The number of ketones is 1. The molecule has 0 atom stereocenters. The molecule has 1 amide bonds. The van der Waals surface area contributed by atoms with E-state index in [1.807, 2.05) is 6.92 Å². The van der Waals surface area contributed by atoms with E-state index in [9.17, 15) is 14.0 Å². The molecule has 0 aliphatic heterocycles. The quantitative estimate of drug-likeness (QED) is 0.769. The predicted octanol–water partition coefficient (Wildman–Crippen LogP) is 4.35. The van der Waals surface area contributed by atoms with E-state index in [4.69, 9.17) is 4.74 Å². The first-order valence-corrected chi connectivity index (χ1v) is 7.81. The number of benzene rings is 2. The van der Waals surface area contributed by atoms with Gasteiger partial charge >= 0.3 is 0 Å². The fraction of sp³-hybridized carbons (Fsp3) is 0.263. The molecule has 0 aromatic heterocycles. The second-order valence-electron chi connectivity index (χ2n) is 5.48. The van der Waals surface area contributed by atoms with Crippen LogP contribution in [0.3, 0.4) is 0 Å². The van der Waals surface area contributed by atoms with Crippen LogP contribution in [0, 0.1) is 5.82 Å².